The van der Waals surface area contributed by atoms with Crippen molar-refractivity contribution in [2.45, 2.75) is 69.8 Å². The van der Waals surface area contributed by atoms with Gasteiger partial charge in [-0.1, -0.05) is 31.0 Å². The number of aromatic nitrogens is 3. The molecule has 29 heavy (non-hydrogen) atoms. The van der Waals surface area contributed by atoms with Gasteiger partial charge in [0.25, 0.3) is 5.91 Å². The van der Waals surface area contributed by atoms with Gasteiger partial charge in [0.15, 0.2) is 22.8 Å². The Morgan fingerprint density at radius 2 is 2.10 bits per heavy atom. The maximum Gasteiger partial charge on any atom is 0.317 e. The summed E-state index contributed by atoms with van der Waals surface area (Å²) in [7, 11) is 1.80. The minimum Gasteiger partial charge on any atom is -0.461 e. The van der Waals surface area contributed by atoms with E-state index in [-0.39, 0.29) is 17.7 Å². The molecule has 0 aromatic carbocycles. The van der Waals surface area contributed by atoms with E-state index in [0.717, 1.165) is 25.7 Å². The summed E-state index contributed by atoms with van der Waals surface area (Å²) in [6, 6.07) is 3.85. The molecule has 8 nitrogen and oxygen atoms in total. The summed E-state index contributed by atoms with van der Waals surface area (Å²) in [4.78, 5) is 26.6. The van der Waals surface area contributed by atoms with Crippen molar-refractivity contribution in [3.05, 3.63) is 18.4 Å². The first-order chi connectivity index (χ1) is 14.0. The third-order valence-corrected chi connectivity index (χ3v) is 6.16. The van der Waals surface area contributed by atoms with Gasteiger partial charge in [-0.05, 0) is 38.8 Å². The predicted molar refractivity (Wildman–Crippen MR) is 109 cm³/mol. The summed E-state index contributed by atoms with van der Waals surface area (Å²) in [5.74, 6) is 0.705. The molecule has 1 fully saturated rings. The van der Waals surface area contributed by atoms with Gasteiger partial charge in [0.05, 0.1) is 12.0 Å². The van der Waals surface area contributed by atoms with Crippen molar-refractivity contribution in [3.63, 3.8) is 0 Å². The van der Waals surface area contributed by atoms with Crippen LogP contribution in [0.15, 0.2) is 28.0 Å². The van der Waals surface area contributed by atoms with Crippen molar-refractivity contribution in [3.8, 4) is 11.6 Å². The number of amides is 1. The molecule has 0 saturated heterocycles. The summed E-state index contributed by atoms with van der Waals surface area (Å²) >= 11 is 1.24. The Balaban J connectivity index is 1.52. The van der Waals surface area contributed by atoms with Gasteiger partial charge in [-0.15, -0.1) is 10.2 Å². The fraction of sp³-hybridized carbons (Fsp3) is 0.600. The average molecular weight is 421 g/mol. The molecule has 158 valence electrons. The Labute approximate surface area is 175 Å². The molecule has 2 aromatic heterocycles. The van der Waals surface area contributed by atoms with Crippen molar-refractivity contribution in [2.75, 3.05) is 12.8 Å². The third kappa shape index (κ3) is 5.20. The number of esters is 1. The summed E-state index contributed by atoms with van der Waals surface area (Å²) in [6.45, 7) is 4.25. The number of nitrogens with zero attached hydrogens (tertiary/aromatic N) is 4. The Morgan fingerprint density at radius 3 is 2.76 bits per heavy atom. The molecule has 0 N–H and O–H groups in total. The van der Waals surface area contributed by atoms with Gasteiger partial charge in [-0.25, -0.2) is 0 Å². The van der Waals surface area contributed by atoms with Crippen LogP contribution in [0.5, 0.6) is 0 Å². The number of carbonyl (C=O) groups is 2. The van der Waals surface area contributed by atoms with E-state index in [4.69, 9.17) is 9.15 Å². The lowest BCUT2D eigenvalue weighted by molar-refractivity contribution is -0.157. The van der Waals surface area contributed by atoms with E-state index >= 15 is 0 Å². The fourth-order valence-corrected chi connectivity index (χ4v) is 4.39. The van der Waals surface area contributed by atoms with E-state index < -0.39 is 12.1 Å². The average Bonchev–Trinajstić information content (AvgIpc) is 3.40. The minimum atomic E-state index is -0.794. The van der Waals surface area contributed by atoms with E-state index in [2.05, 4.69) is 10.2 Å². The zero-order valence-corrected chi connectivity index (χ0v) is 18.0. The second kappa shape index (κ2) is 9.96. The quantitative estimate of drug-likeness (QED) is 0.478. The van der Waals surface area contributed by atoms with E-state index in [9.17, 15) is 9.59 Å². The lowest BCUT2D eigenvalue weighted by Gasteiger charge is -2.32. The first-order valence-corrected chi connectivity index (χ1v) is 11.1. The van der Waals surface area contributed by atoms with Gasteiger partial charge in [0, 0.05) is 19.6 Å². The Bertz CT molecular complexity index is 815. The summed E-state index contributed by atoms with van der Waals surface area (Å²) < 4.78 is 12.6. The number of ether oxygens (including phenoxy) is 1. The molecule has 0 aliphatic heterocycles. The van der Waals surface area contributed by atoms with E-state index in [1.54, 1.807) is 31.2 Å². The van der Waals surface area contributed by atoms with E-state index in [1.165, 1.54) is 18.2 Å². The van der Waals surface area contributed by atoms with Crippen LogP contribution >= 0.6 is 11.8 Å². The molecular formula is C20H28N4O4S. The molecule has 0 unspecified atom stereocenters. The summed E-state index contributed by atoms with van der Waals surface area (Å²) in [5.41, 5.74) is 0. The number of thioether (sulfide) groups is 1. The summed E-state index contributed by atoms with van der Waals surface area (Å²) in [5, 5.41) is 8.91. The van der Waals surface area contributed by atoms with Crippen LogP contribution in [-0.2, 0) is 20.9 Å². The van der Waals surface area contributed by atoms with Gasteiger partial charge in [-0.3, -0.25) is 14.2 Å². The first kappa shape index (κ1) is 21.4. The monoisotopic (exact) mass is 420 g/mol. The molecular weight excluding hydrogens is 392 g/mol. The molecule has 0 radical (unpaired) electrons. The molecule has 1 atom stereocenters. The van der Waals surface area contributed by atoms with Crippen LogP contribution in [0.2, 0.25) is 0 Å². The van der Waals surface area contributed by atoms with Crippen LogP contribution in [0.1, 0.15) is 46.0 Å². The second-order valence-electron chi connectivity index (χ2n) is 7.19. The molecule has 1 aliphatic rings. The lowest BCUT2D eigenvalue weighted by atomic mass is 9.94. The zero-order valence-electron chi connectivity index (χ0n) is 17.2. The maximum absolute atomic E-state index is 12.6. The number of carbonyl (C=O) groups excluding carboxylic acids is 2. The molecule has 1 saturated carbocycles. The van der Waals surface area contributed by atoms with Gasteiger partial charge >= 0.3 is 5.97 Å². The minimum absolute atomic E-state index is 0.0566. The number of likely N-dealkylation sites (N-methyl/N-ethyl adjacent to an activating group) is 1. The van der Waals surface area contributed by atoms with E-state index in [1.807, 2.05) is 17.6 Å². The van der Waals surface area contributed by atoms with Crippen LogP contribution in [0.25, 0.3) is 11.6 Å². The highest BCUT2D eigenvalue weighted by molar-refractivity contribution is 7.99. The number of rotatable bonds is 8. The zero-order chi connectivity index (χ0) is 20.8. The number of hydrogen-bond donors (Lipinski definition) is 0. The van der Waals surface area contributed by atoms with E-state index in [0.29, 0.717) is 23.3 Å². The van der Waals surface area contributed by atoms with Crippen molar-refractivity contribution in [2.24, 2.45) is 0 Å². The highest BCUT2D eigenvalue weighted by atomic mass is 32.2. The molecule has 2 heterocycles. The topological polar surface area (TPSA) is 90.5 Å². The van der Waals surface area contributed by atoms with Gasteiger partial charge < -0.3 is 14.1 Å². The number of hydrogen-bond acceptors (Lipinski definition) is 7. The molecule has 2 aromatic rings. The van der Waals surface area contributed by atoms with Crippen molar-refractivity contribution < 1.29 is 18.7 Å². The summed E-state index contributed by atoms with van der Waals surface area (Å²) in [6.07, 6.45) is 6.34. The van der Waals surface area contributed by atoms with Gasteiger partial charge in [-0.2, -0.15) is 0 Å². The third-order valence-electron chi connectivity index (χ3n) is 5.22. The van der Waals surface area contributed by atoms with Crippen LogP contribution in [0, 0.1) is 0 Å². The van der Waals surface area contributed by atoms with Crippen LogP contribution < -0.4 is 0 Å². The normalized spacial score (nSPS) is 15.8. The molecule has 1 aliphatic carbocycles. The number of furan rings is 1. The maximum atomic E-state index is 12.6. The lowest BCUT2D eigenvalue weighted by Crippen LogP contribution is -2.44. The highest BCUT2D eigenvalue weighted by Crippen LogP contribution is 2.25. The predicted octanol–water partition coefficient (Wildman–Crippen LogP) is 3.37. The van der Waals surface area contributed by atoms with Crippen LogP contribution in [0.3, 0.4) is 0 Å². The second-order valence-corrected chi connectivity index (χ2v) is 8.13. The largest absolute Gasteiger partial charge is 0.461 e. The first-order valence-electron chi connectivity index (χ1n) is 10.1. The van der Waals surface area contributed by atoms with Crippen LogP contribution in [0.4, 0.5) is 0 Å². The Morgan fingerprint density at radius 1 is 1.34 bits per heavy atom. The standard InChI is InChI=1S/C20H28N4O4S/c1-4-24-18(16-11-8-12-27-16)21-22-20(24)29-13-17(25)28-14(2)19(26)23(3)15-9-6-5-7-10-15/h8,11-12,14-15H,4-7,9-10,13H2,1-3H3/t14-/m1/s1. The fourth-order valence-electron chi connectivity index (χ4n) is 3.61. The Hall–Kier alpha value is -2.29. The molecule has 1 amide bonds. The molecule has 3 rings (SSSR count). The molecule has 0 spiro atoms. The SMILES string of the molecule is CCn1c(SCC(=O)O[C@H](C)C(=O)N(C)C2CCCCC2)nnc1-c1ccco1. The van der Waals surface area contributed by atoms with Crippen LogP contribution in [-0.4, -0.2) is 56.5 Å². The molecule has 9 heteroatoms. The molecule has 0 bridgehead atoms. The van der Waals surface area contributed by atoms with Crippen molar-refractivity contribution >= 4 is 23.6 Å². The van der Waals surface area contributed by atoms with Gasteiger partial charge in [0.1, 0.15) is 0 Å². The van der Waals surface area contributed by atoms with Crippen molar-refractivity contribution in [1.29, 1.82) is 0 Å². The Kier molecular flexibility index (Phi) is 7.35. The smallest absolute Gasteiger partial charge is 0.317 e. The highest BCUT2D eigenvalue weighted by Gasteiger charge is 2.28. The van der Waals surface area contributed by atoms with Crippen molar-refractivity contribution in [1.82, 2.24) is 19.7 Å². The van der Waals surface area contributed by atoms with Gasteiger partial charge in [0.2, 0.25) is 0 Å².